The number of likely N-dealkylation sites (tertiary alicyclic amines) is 1. The number of aliphatic imine (C=N–C) groups is 1. The third-order valence-electron chi connectivity index (χ3n) is 5.37. The van der Waals surface area contributed by atoms with Crippen LogP contribution in [0.3, 0.4) is 0 Å². The monoisotopic (exact) mass is 422 g/mol. The first kappa shape index (κ1) is 24.1. The fraction of sp³-hybridized carbons (Fsp3) is 0.682. The van der Waals surface area contributed by atoms with Crippen molar-refractivity contribution in [2.75, 3.05) is 67.8 Å². The van der Waals surface area contributed by atoms with E-state index in [1.165, 1.54) is 12.8 Å². The zero-order valence-corrected chi connectivity index (χ0v) is 19.1. The summed E-state index contributed by atoms with van der Waals surface area (Å²) >= 11 is 0. The average Bonchev–Trinajstić information content (AvgIpc) is 2.79. The molecule has 0 aliphatic carbocycles. The molecule has 0 amide bonds. The van der Waals surface area contributed by atoms with E-state index < -0.39 is 0 Å². The Balaban J connectivity index is 1.93. The van der Waals surface area contributed by atoms with Gasteiger partial charge in [-0.15, -0.1) is 0 Å². The lowest BCUT2D eigenvalue weighted by Crippen LogP contribution is -2.43. The largest absolute Gasteiger partial charge is 0.493 e. The Morgan fingerprint density at radius 1 is 1.03 bits per heavy atom. The van der Waals surface area contributed by atoms with E-state index in [0.29, 0.717) is 29.7 Å². The Morgan fingerprint density at radius 3 is 2.23 bits per heavy atom. The summed E-state index contributed by atoms with van der Waals surface area (Å²) in [7, 11) is 6.61. The first-order chi connectivity index (χ1) is 14.6. The molecule has 1 aliphatic rings. The molecule has 0 unspecified atom stereocenters. The molecule has 1 saturated heterocycles. The average molecular weight is 423 g/mol. The van der Waals surface area contributed by atoms with Gasteiger partial charge in [-0.1, -0.05) is 0 Å². The highest BCUT2D eigenvalue weighted by atomic mass is 16.5. The minimum atomic E-state index is 0.515. The van der Waals surface area contributed by atoms with Gasteiger partial charge in [-0.2, -0.15) is 0 Å². The first-order valence-corrected chi connectivity index (χ1v) is 10.7. The SMILES string of the molecule is CCNC(=NCc1cc(OC)c(OC)c(OC)c1)NCC1CCN(CCOC)CC1. The molecular formula is C22H38N4O4. The number of piperidine rings is 1. The molecule has 0 aromatic heterocycles. The molecule has 8 nitrogen and oxygen atoms in total. The smallest absolute Gasteiger partial charge is 0.203 e. The molecule has 0 saturated carbocycles. The lowest BCUT2D eigenvalue weighted by molar-refractivity contribution is 0.121. The molecule has 1 fully saturated rings. The van der Waals surface area contributed by atoms with Crippen LogP contribution in [0.1, 0.15) is 25.3 Å². The highest BCUT2D eigenvalue weighted by Gasteiger charge is 2.19. The number of hydrogen-bond acceptors (Lipinski definition) is 6. The van der Waals surface area contributed by atoms with Gasteiger partial charge in [0, 0.05) is 26.7 Å². The Kier molecular flexibility index (Phi) is 10.6. The third-order valence-corrected chi connectivity index (χ3v) is 5.37. The lowest BCUT2D eigenvalue weighted by atomic mass is 9.97. The fourth-order valence-electron chi connectivity index (χ4n) is 3.61. The number of guanidine groups is 1. The Hall–Kier alpha value is -2.19. The maximum absolute atomic E-state index is 5.44. The van der Waals surface area contributed by atoms with E-state index in [1.807, 2.05) is 12.1 Å². The van der Waals surface area contributed by atoms with E-state index in [0.717, 1.165) is 50.9 Å². The highest BCUT2D eigenvalue weighted by molar-refractivity contribution is 5.79. The van der Waals surface area contributed by atoms with E-state index >= 15 is 0 Å². The van der Waals surface area contributed by atoms with Gasteiger partial charge in [0.2, 0.25) is 5.75 Å². The molecule has 0 spiro atoms. The van der Waals surface area contributed by atoms with E-state index in [4.69, 9.17) is 23.9 Å². The predicted octanol–water partition coefficient (Wildman–Crippen LogP) is 2.13. The molecule has 1 heterocycles. The number of ether oxygens (including phenoxy) is 4. The zero-order chi connectivity index (χ0) is 21.8. The maximum Gasteiger partial charge on any atom is 0.203 e. The van der Waals surface area contributed by atoms with Gasteiger partial charge < -0.3 is 34.5 Å². The van der Waals surface area contributed by atoms with Crippen LogP contribution in [-0.4, -0.2) is 78.6 Å². The van der Waals surface area contributed by atoms with Crippen LogP contribution >= 0.6 is 0 Å². The molecule has 2 rings (SSSR count). The van der Waals surface area contributed by atoms with Crippen molar-refractivity contribution in [3.63, 3.8) is 0 Å². The van der Waals surface area contributed by atoms with Crippen molar-refractivity contribution in [2.45, 2.75) is 26.3 Å². The summed E-state index contributed by atoms with van der Waals surface area (Å²) in [4.78, 5) is 7.22. The fourth-order valence-corrected chi connectivity index (χ4v) is 3.61. The minimum Gasteiger partial charge on any atom is -0.493 e. The predicted molar refractivity (Wildman–Crippen MR) is 120 cm³/mol. The Morgan fingerprint density at radius 2 is 1.70 bits per heavy atom. The molecule has 1 aromatic carbocycles. The van der Waals surface area contributed by atoms with Crippen LogP contribution < -0.4 is 24.8 Å². The first-order valence-electron chi connectivity index (χ1n) is 10.7. The molecule has 0 bridgehead atoms. The van der Waals surface area contributed by atoms with Crippen LogP contribution in [0.5, 0.6) is 17.2 Å². The van der Waals surface area contributed by atoms with Gasteiger partial charge in [0.15, 0.2) is 17.5 Å². The van der Waals surface area contributed by atoms with E-state index in [-0.39, 0.29) is 0 Å². The summed E-state index contributed by atoms with van der Waals surface area (Å²) < 4.78 is 21.4. The van der Waals surface area contributed by atoms with Crippen LogP contribution in [0.4, 0.5) is 0 Å². The van der Waals surface area contributed by atoms with Crippen molar-refractivity contribution < 1.29 is 18.9 Å². The van der Waals surface area contributed by atoms with E-state index in [2.05, 4.69) is 22.5 Å². The number of methoxy groups -OCH3 is 4. The molecule has 2 N–H and O–H groups in total. The summed E-state index contributed by atoms with van der Waals surface area (Å²) in [5.41, 5.74) is 0.994. The van der Waals surface area contributed by atoms with Crippen molar-refractivity contribution in [2.24, 2.45) is 10.9 Å². The van der Waals surface area contributed by atoms with Crippen molar-refractivity contribution in [1.29, 1.82) is 0 Å². The molecule has 170 valence electrons. The molecule has 1 aliphatic heterocycles. The van der Waals surface area contributed by atoms with Crippen LogP contribution in [0.15, 0.2) is 17.1 Å². The number of hydrogen-bond donors (Lipinski definition) is 2. The van der Waals surface area contributed by atoms with E-state index in [1.54, 1.807) is 28.4 Å². The standard InChI is InChI=1S/C22H38N4O4/c1-6-23-22(24-15-17-7-9-26(10-8-17)11-12-27-2)25-16-18-13-19(28-3)21(30-5)20(14-18)29-4/h13-14,17H,6-12,15-16H2,1-5H3,(H2,23,24,25). The Bertz CT molecular complexity index is 636. The second kappa shape index (κ2) is 13.2. The summed E-state index contributed by atoms with van der Waals surface area (Å²) in [5.74, 6) is 3.36. The van der Waals surface area contributed by atoms with Gasteiger partial charge in [-0.25, -0.2) is 4.99 Å². The number of nitrogens with zero attached hydrogens (tertiary/aromatic N) is 2. The van der Waals surface area contributed by atoms with Gasteiger partial charge in [-0.3, -0.25) is 0 Å². The van der Waals surface area contributed by atoms with Crippen LogP contribution in [0, 0.1) is 5.92 Å². The van der Waals surface area contributed by atoms with Crippen LogP contribution in [-0.2, 0) is 11.3 Å². The number of nitrogens with one attached hydrogen (secondary N) is 2. The number of rotatable bonds is 11. The lowest BCUT2D eigenvalue weighted by Gasteiger charge is -2.32. The summed E-state index contributed by atoms with van der Waals surface area (Å²) in [6.45, 7) is 8.43. The zero-order valence-electron chi connectivity index (χ0n) is 19.1. The van der Waals surface area contributed by atoms with Crippen molar-refractivity contribution >= 4 is 5.96 Å². The Labute approximate surface area is 180 Å². The summed E-state index contributed by atoms with van der Waals surface area (Å²) in [5, 5.41) is 6.84. The molecule has 8 heteroatoms. The summed E-state index contributed by atoms with van der Waals surface area (Å²) in [6.07, 6.45) is 2.39. The van der Waals surface area contributed by atoms with Gasteiger partial charge in [0.1, 0.15) is 0 Å². The quantitative estimate of drug-likeness (QED) is 0.418. The molecular weight excluding hydrogens is 384 g/mol. The van der Waals surface area contributed by atoms with Gasteiger partial charge in [0.05, 0.1) is 34.5 Å². The highest BCUT2D eigenvalue weighted by Crippen LogP contribution is 2.38. The minimum absolute atomic E-state index is 0.515. The van der Waals surface area contributed by atoms with Gasteiger partial charge in [0.25, 0.3) is 0 Å². The van der Waals surface area contributed by atoms with Crippen molar-refractivity contribution in [3.8, 4) is 17.2 Å². The maximum atomic E-state index is 5.44. The topological polar surface area (TPSA) is 76.6 Å². The van der Waals surface area contributed by atoms with Gasteiger partial charge in [-0.05, 0) is 56.5 Å². The molecule has 0 radical (unpaired) electrons. The molecule has 30 heavy (non-hydrogen) atoms. The van der Waals surface area contributed by atoms with Gasteiger partial charge >= 0.3 is 0 Å². The van der Waals surface area contributed by atoms with Crippen molar-refractivity contribution in [1.82, 2.24) is 15.5 Å². The summed E-state index contributed by atoms with van der Waals surface area (Å²) in [6, 6.07) is 3.87. The second-order valence-electron chi connectivity index (χ2n) is 7.39. The molecule has 0 atom stereocenters. The third kappa shape index (κ3) is 7.25. The van der Waals surface area contributed by atoms with Crippen molar-refractivity contribution in [3.05, 3.63) is 17.7 Å². The normalized spacial score (nSPS) is 15.7. The second-order valence-corrected chi connectivity index (χ2v) is 7.39. The van der Waals surface area contributed by atoms with Crippen LogP contribution in [0.25, 0.3) is 0 Å². The molecule has 1 aromatic rings. The van der Waals surface area contributed by atoms with Crippen LogP contribution in [0.2, 0.25) is 0 Å². The van der Waals surface area contributed by atoms with E-state index in [9.17, 15) is 0 Å². The number of benzene rings is 1.